The van der Waals surface area contributed by atoms with Gasteiger partial charge in [0.2, 0.25) is 0 Å². The minimum atomic E-state index is -0.626. The van der Waals surface area contributed by atoms with E-state index in [1.807, 2.05) is 84.2 Å². The van der Waals surface area contributed by atoms with Crippen LogP contribution >= 0.6 is 23.6 Å². The molecule has 0 aliphatic carbocycles. The van der Waals surface area contributed by atoms with E-state index in [2.05, 4.69) is 97.9 Å². The third-order valence-electron chi connectivity index (χ3n) is 11.2. The number of pyridine rings is 5. The third kappa shape index (κ3) is 21.2. The van der Waals surface area contributed by atoms with Gasteiger partial charge in [-0.25, -0.2) is 4.98 Å². The maximum Gasteiger partial charge on any atom is 0.166 e. The van der Waals surface area contributed by atoms with Crippen LogP contribution in [0.25, 0.3) is 59.9 Å². The molecule has 1 aliphatic heterocycles. The van der Waals surface area contributed by atoms with Crippen molar-refractivity contribution in [2.75, 3.05) is 0 Å². The molecular formula is C58H47Ir5N14O5S2-5. The summed E-state index contributed by atoms with van der Waals surface area (Å²) < 4.78 is 8.29. The van der Waals surface area contributed by atoms with Crippen molar-refractivity contribution in [3.63, 3.8) is 0 Å². The maximum atomic E-state index is 11.6. The molecule has 0 N–H and O–H groups in total. The molecule has 26 heteroatoms. The molecule has 3 aromatic carbocycles. The first-order valence-corrected chi connectivity index (χ1v) is 25.7. The molecule has 0 spiro atoms. The second-order valence-electron chi connectivity index (χ2n) is 17.3. The van der Waals surface area contributed by atoms with E-state index in [1.165, 1.54) is 18.5 Å². The predicted octanol–water partition coefficient (Wildman–Crippen LogP) is 12.3. The molecule has 0 saturated heterocycles. The molecule has 441 valence electrons. The van der Waals surface area contributed by atoms with E-state index in [1.54, 1.807) is 121 Å². The smallest absolute Gasteiger partial charge is 0.166 e. The van der Waals surface area contributed by atoms with Crippen molar-refractivity contribution >= 4 is 69.3 Å². The summed E-state index contributed by atoms with van der Waals surface area (Å²) >= 11 is 2.12. The van der Waals surface area contributed by atoms with Gasteiger partial charge in [0.25, 0.3) is 0 Å². The molecule has 0 atom stereocenters. The molecule has 12 rings (SSSR count). The fourth-order valence-electron chi connectivity index (χ4n) is 6.58. The topological polar surface area (TPSA) is 256 Å². The van der Waals surface area contributed by atoms with Gasteiger partial charge in [0.1, 0.15) is 16.8 Å². The zero-order valence-corrected chi connectivity index (χ0v) is 58.1. The van der Waals surface area contributed by atoms with Crippen LogP contribution in [0.4, 0.5) is 0 Å². The Morgan fingerprint density at radius 1 is 0.512 bits per heavy atom. The van der Waals surface area contributed by atoms with Crippen LogP contribution in [0.2, 0.25) is 0 Å². The number of fused-ring (bicyclic) bond motifs is 2. The van der Waals surface area contributed by atoms with E-state index in [0.717, 1.165) is 44.6 Å². The van der Waals surface area contributed by atoms with Crippen LogP contribution in [-0.2, 0) is 105 Å². The van der Waals surface area contributed by atoms with E-state index >= 15 is 0 Å². The van der Waals surface area contributed by atoms with Gasteiger partial charge in [0.05, 0.1) is 28.7 Å². The van der Waals surface area contributed by atoms with Crippen LogP contribution in [0, 0.1) is 0 Å². The standard InChI is InChI=1S/C13H10N2O2.C12H16N3.C12H10N2O3S.C11H7N4.C10H6N3S.5Ir/c16-12(10-6-2-1-3-7-10)15-13(17)11-8-4-5-9-14-11;1-11(2)12(3,4)15-10(14-11)9-7-5-6-8-13-9;15-12(11-8-4-5-9-13-11)14-18-17-16-10-6-2-1-3-7-10;1-2-6-12-8(4-1)11-14-9-5-3-7-13-10(9)15-11;1-2-4-8-7(3-1)12-9(13-8)10-11-5-6-14-10;;;;;/h1-9H,(H,15,16,17);5-8H,1-4H3;1-9H,(H,14,15);1-7H;1-6H;;;;;/q;-1;;2*-1;;;;;/p-2. The Balaban J connectivity index is 0.000000272. The van der Waals surface area contributed by atoms with Crippen LogP contribution < -0.4 is 14.9 Å². The fraction of sp³-hybridized carbons (Fsp3) is 0.103. The van der Waals surface area contributed by atoms with Crippen LogP contribution in [0.1, 0.15) is 64.7 Å². The van der Waals surface area contributed by atoms with Crippen LogP contribution in [-0.4, -0.2) is 74.5 Å². The van der Waals surface area contributed by atoms with Gasteiger partial charge in [0, 0.05) is 154 Å². The van der Waals surface area contributed by atoms with E-state index < -0.39 is 17.7 Å². The number of carbonyl (C=O) groups is 3. The second kappa shape index (κ2) is 36.3. The van der Waals surface area contributed by atoms with Crippen molar-refractivity contribution in [2.24, 2.45) is 4.99 Å². The molecule has 0 saturated carbocycles. The average molecular weight is 2050 g/mol. The molecular weight excluding hydrogens is 2000 g/mol. The molecule has 5 radical (unpaired) electrons. The Bertz CT molecular complexity index is 3600. The van der Waals surface area contributed by atoms with Gasteiger partial charge in [-0.3, -0.25) is 19.9 Å². The number of imide groups is 1. The Morgan fingerprint density at radius 3 is 1.62 bits per heavy atom. The number of rotatable bonds is 10. The zero-order chi connectivity index (χ0) is 55.3. The molecule has 19 nitrogen and oxygen atoms in total. The number of nitrogens with zero attached hydrogens (tertiary/aromatic N) is 14. The van der Waals surface area contributed by atoms with Gasteiger partial charge in [0.15, 0.2) is 5.75 Å². The number of hydrogen-bond acceptors (Lipinski definition) is 16. The van der Waals surface area contributed by atoms with Crippen molar-refractivity contribution in [2.45, 2.75) is 38.8 Å². The number of amidine groups is 1. The van der Waals surface area contributed by atoms with Crippen molar-refractivity contribution in [1.29, 1.82) is 0 Å². The van der Waals surface area contributed by atoms with Crippen LogP contribution in [0.3, 0.4) is 0 Å². The summed E-state index contributed by atoms with van der Waals surface area (Å²) in [6, 6.07) is 50.3. The van der Waals surface area contributed by atoms with E-state index in [0.29, 0.717) is 35.0 Å². The van der Waals surface area contributed by atoms with Crippen LogP contribution in [0.5, 0.6) is 5.75 Å². The summed E-state index contributed by atoms with van der Waals surface area (Å²) in [5.74, 6) is 1.000. The summed E-state index contributed by atoms with van der Waals surface area (Å²) in [5.41, 5.74) is 5.46. The Kier molecular flexibility index (Phi) is 31.0. The molecule has 9 heterocycles. The average Bonchev–Trinajstić information content (AvgIpc) is 2.96. The molecule has 8 aromatic heterocycles. The minimum absolute atomic E-state index is 0. The van der Waals surface area contributed by atoms with Crippen molar-refractivity contribution in [3.05, 3.63) is 250 Å². The number of thiazole rings is 1. The molecule has 3 amide bonds. The molecule has 0 bridgehead atoms. The van der Waals surface area contributed by atoms with Gasteiger partial charge in [-0.15, -0.1) is 15.7 Å². The van der Waals surface area contributed by atoms with Crippen molar-refractivity contribution in [3.8, 4) is 28.1 Å². The molecule has 11 aromatic rings. The predicted molar refractivity (Wildman–Crippen MR) is 305 cm³/mol. The van der Waals surface area contributed by atoms with Gasteiger partial charge in [-0.2, -0.15) is 0 Å². The SMILES string of the molecule is CC1(C)N=C(c2ccccn2)[N-]C1(C)C.O=C([N-]C(=O)c1ccccn1)c1ccccc1.O=C([N-]SOOc1ccccc1)c1ccccn1.[Ir].[Ir].[Ir].[Ir].[Ir].c1ccc(-c2nc3cccnc3[n-]2)nc1.c1ccc2[n-]c(-c3nccs3)nc2c1. The number of aliphatic imine (C=N–C) groups is 1. The molecule has 1 aliphatic rings. The number of hydrogen-bond donors (Lipinski definition) is 0. The van der Waals surface area contributed by atoms with E-state index in [4.69, 9.17) is 9.22 Å². The van der Waals surface area contributed by atoms with Gasteiger partial charge in [-0.1, -0.05) is 137 Å². The largest absolute Gasteiger partial charge is 0.586 e. The van der Waals surface area contributed by atoms with Gasteiger partial charge in [-0.05, 0) is 118 Å². The zero-order valence-electron chi connectivity index (χ0n) is 44.5. The van der Waals surface area contributed by atoms with E-state index in [9.17, 15) is 14.4 Å². The van der Waals surface area contributed by atoms with Crippen molar-refractivity contribution in [1.82, 2.24) is 49.8 Å². The minimum Gasteiger partial charge on any atom is -0.586 e. The second-order valence-corrected chi connectivity index (χ2v) is 18.7. The fourth-order valence-corrected chi connectivity index (χ4v) is 7.45. The number of benzene rings is 3. The first-order chi connectivity index (χ1) is 38.4. The summed E-state index contributed by atoms with van der Waals surface area (Å²) in [4.78, 5) is 86.1. The number of amides is 3. The van der Waals surface area contributed by atoms with Gasteiger partial charge >= 0.3 is 0 Å². The quantitative estimate of drug-likeness (QED) is 0.0308. The Morgan fingerprint density at radius 2 is 1.06 bits per heavy atom. The van der Waals surface area contributed by atoms with Crippen LogP contribution in [0.15, 0.2) is 217 Å². The van der Waals surface area contributed by atoms with Gasteiger partial charge < -0.3 is 64.5 Å². The summed E-state index contributed by atoms with van der Waals surface area (Å²) in [6.07, 6.45) is 9.97. The van der Waals surface area contributed by atoms with E-state index in [-0.39, 0.29) is 123 Å². The number of imidazole rings is 2. The maximum absolute atomic E-state index is 11.6. The molecule has 84 heavy (non-hydrogen) atoms. The summed E-state index contributed by atoms with van der Waals surface area (Å²) in [7, 11) is 0. The Hall–Kier alpha value is -6.58. The molecule has 0 unspecified atom stereocenters. The monoisotopic (exact) mass is 2050 g/mol. The third-order valence-corrected chi connectivity index (χ3v) is 12.4. The Labute approximate surface area is 560 Å². The number of para-hydroxylation sites is 3. The molecule has 0 fully saturated rings. The summed E-state index contributed by atoms with van der Waals surface area (Å²) in [5, 5.41) is 10.9. The summed E-state index contributed by atoms with van der Waals surface area (Å²) in [6.45, 7) is 8.41. The number of aromatic nitrogens is 10. The first-order valence-electron chi connectivity index (χ1n) is 24.1. The number of carbonyl (C=O) groups excluding carboxylic acids is 3. The first kappa shape index (κ1) is 71.7. The van der Waals surface area contributed by atoms with Crippen molar-refractivity contribution < 1.29 is 124 Å². The normalized spacial score (nSPS) is 11.7.